The van der Waals surface area contributed by atoms with Gasteiger partial charge in [0.15, 0.2) is 6.61 Å². The fraction of sp³-hybridized carbons (Fsp3) is 0.556. The number of aliphatic carboxylic acids is 1. The van der Waals surface area contributed by atoms with Crippen LogP contribution in [0.4, 0.5) is 0 Å². The van der Waals surface area contributed by atoms with Crippen molar-refractivity contribution in [1.29, 1.82) is 0 Å². The van der Waals surface area contributed by atoms with E-state index in [4.69, 9.17) is 9.84 Å². The summed E-state index contributed by atoms with van der Waals surface area (Å²) in [6.07, 6.45) is 2.77. The second kappa shape index (κ2) is 9.87. The molecule has 0 saturated heterocycles. The minimum Gasteiger partial charge on any atom is -0.482 e. The highest BCUT2D eigenvalue weighted by Gasteiger charge is 2.20. The van der Waals surface area contributed by atoms with Crippen LogP contribution in [0.1, 0.15) is 39.2 Å². The van der Waals surface area contributed by atoms with E-state index in [1.165, 1.54) is 0 Å². The molecule has 0 aromatic heterocycles. The van der Waals surface area contributed by atoms with Crippen molar-refractivity contribution in [3.8, 4) is 5.75 Å². The molecular weight excluding hydrogens is 294 g/mol. The first-order valence-electron chi connectivity index (χ1n) is 8.19. The molecule has 1 atom stereocenters. The molecule has 0 bridgehead atoms. The third-order valence-electron chi connectivity index (χ3n) is 4.17. The van der Waals surface area contributed by atoms with E-state index >= 15 is 0 Å². The zero-order valence-electron chi connectivity index (χ0n) is 14.2. The number of rotatable bonds is 10. The van der Waals surface area contributed by atoms with Gasteiger partial charge in [-0.2, -0.15) is 0 Å². The highest BCUT2D eigenvalue weighted by molar-refractivity contribution is 5.78. The van der Waals surface area contributed by atoms with E-state index in [0.29, 0.717) is 18.2 Å². The zero-order valence-corrected chi connectivity index (χ0v) is 14.2. The summed E-state index contributed by atoms with van der Waals surface area (Å²) in [5.41, 5.74) is 1.07. The van der Waals surface area contributed by atoms with Crippen LogP contribution in [0.5, 0.6) is 5.75 Å². The summed E-state index contributed by atoms with van der Waals surface area (Å²) in [5, 5.41) is 11.5. The third kappa shape index (κ3) is 6.72. The van der Waals surface area contributed by atoms with Crippen LogP contribution >= 0.6 is 0 Å². The summed E-state index contributed by atoms with van der Waals surface area (Å²) in [6.45, 7) is 6.47. The Labute approximate surface area is 138 Å². The number of carboxylic acid groups (broad SMARTS) is 1. The van der Waals surface area contributed by atoms with Crippen LogP contribution in [0, 0.1) is 11.8 Å². The van der Waals surface area contributed by atoms with Gasteiger partial charge in [0.05, 0.1) is 0 Å². The minimum absolute atomic E-state index is 0.0387. The van der Waals surface area contributed by atoms with Gasteiger partial charge in [-0.3, -0.25) is 4.79 Å². The molecule has 1 aromatic rings. The number of carbonyl (C=O) groups is 2. The molecule has 0 aliphatic rings. The Morgan fingerprint density at radius 3 is 2.30 bits per heavy atom. The highest BCUT2D eigenvalue weighted by atomic mass is 16.5. The van der Waals surface area contributed by atoms with Gasteiger partial charge in [-0.1, -0.05) is 45.7 Å². The van der Waals surface area contributed by atoms with Crippen molar-refractivity contribution >= 4 is 11.9 Å². The predicted octanol–water partition coefficient (Wildman–Crippen LogP) is 2.88. The number of carboxylic acids is 1. The number of carbonyl (C=O) groups excluding carboxylic acids is 1. The summed E-state index contributed by atoms with van der Waals surface area (Å²) in [6, 6.07) is 7.25. The molecule has 0 spiro atoms. The molecule has 0 heterocycles. The molecule has 23 heavy (non-hydrogen) atoms. The lowest BCUT2D eigenvalue weighted by Gasteiger charge is -2.20. The summed E-state index contributed by atoms with van der Waals surface area (Å²) < 4.78 is 5.08. The highest BCUT2D eigenvalue weighted by Crippen LogP contribution is 2.19. The van der Waals surface area contributed by atoms with Crippen molar-refractivity contribution in [2.45, 2.75) is 40.0 Å². The second-order valence-corrected chi connectivity index (χ2v) is 5.73. The molecule has 0 saturated carbocycles. The van der Waals surface area contributed by atoms with E-state index in [-0.39, 0.29) is 18.4 Å². The van der Waals surface area contributed by atoms with E-state index in [1.807, 2.05) is 19.1 Å². The lowest BCUT2D eigenvalue weighted by Crippen LogP contribution is -2.34. The molecule has 5 heteroatoms. The van der Waals surface area contributed by atoms with Crippen LogP contribution in [-0.4, -0.2) is 30.1 Å². The Balaban J connectivity index is 2.38. The average Bonchev–Trinajstić information content (AvgIpc) is 2.55. The van der Waals surface area contributed by atoms with Gasteiger partial charge in [0.1, 0.15) is 5.75 Å². The molecule has 1 unspecified atom stereocenters. The van der Waals surface area contributed by atoms with Crippen LogP contribution in [0.3, 0.4) is 0 Å². The van der Waals surface area contributed by atoms with Gasteiger partial charge in [-0.15, -0.1) is 0 Å². The maximum Gasteiger partial charge on any atom is 0.341 e. The van der Waals surface area contributed by atoms with E-state index < -0.39 is 5.97 Å². The molecule has 1 amide bonds. The Bertz CT molecular complexity index is 494. The van der Waals surface area contributed by atoms with Crippen LogP contribution in [-0.2, 0) is 16.0 Å². The van der Waals surface area contributed by atoms with E-state index in [0.717, 1.165) is 24.8 Å². The summed E-state index contributed by atoms with van der Waals surface area (Å²) in [5.74, 6) is 0.114. The molecule has 0 radical (unpaired) electrons. The smallest absolute Gasteiger partial charge is 0.341 e. The van der Waals surface area contributed by atoms with Gasteiger partial charge in [-0.25, -0.2) is 4.79 Å². The molecule has 128 valence electrons. The molecule has 2 N–H and O–H groups in total. The van der Waals surface area contributed by atoms with Crippen molar-refractivity contribution in [2.75, 3.05) is 13.2 Å². The van der Waals surface area contributed by atoms with Gasteiger partial charge < -0.3 is 15.2 Å². The number of benzene rings is 1. The van der Waals surface area contributed by atoms with Crippen LogP contribution in [0.15, 0.2) is 24.3 Å². The number of amides is 1. The molecule has 1 rings (SSSR count). The maximum absolute atomic E-state index is 12.1. The number of nitrogens with one attached hydrogen (secondary N) is 1. The number of hydrogen-bond donors (Lipinski definition) is 2. The van der Waals surface area contributed by atoms with E-state index in [2.05, 4.69) is 19.2 Å². The summed E-state index contributed by atoms with van der Waals surface area (Å²) >= 11 is 0. The van der Waals surface area contributed by atoms with Crippen molar-refractivity contribution in [2.24, 2.45) is 11.8 Å². The first-order chi connectivity index (χ1) is 11.0. The van der Waals surface area contributed by atoms with Gasteiger partial charge in [0, 0.05) is 12.5 Å². The third-order valence-corrected chi connectivity index (χ3v) is 4.17. The normalized spacial score (nSPS) is 12.0. The molecule has 0 aliphatic heterocycles. The Hall–Kier alpha value is -2.04. The fourth-order valence-electron chi connectivity index (χ4n) is 2.60. The molecule has 0 fully saturated rings. The van der Waals surface area contributed by atoms with Crippen molar-refractivity contribution in [1.82, 2.24) is 5.32 Å². The van der Waals surface area contributed by atoms with Gasteiger partial charge in [-0.05, 0) is 30.0 Å². The van der Waals surface area contributed by atoms with Crippen LogP contribution in [0.25, 0.3) is 0 Å². The van der Waals surface area contributed by atoms with Gasteiger partial charge in [0.25, 0.3) is 0 Å². The van der Waals surface area contributed by atoms with Crippen molar-refractivity contribution in [3.63, 3.8) is 0 Å². The Morgan fingerprint density at radius 1 is 1.17 bits per heavy atom. The standard InChI is InChI=1S/C18H27NO4/c1-4-15(5-2)13(3)18(22)19-11-10-14-6-8-16(9-7-14)23-12-17(20)21/h6-9,13,15H,4-5,10-12H2,1-3H3,(H,19,22)(H,20,21). The Morgan fingerprint density at radius 2 is 1.78 bits per heavy atom. The first-order valence-corrected chi connectivity index (χ1v) is 8.19. The zero-order chi connectivity index (χ0) is 17.2. The van der Waals surface area contributed by atoms with E-state index in [1.54, 1.807) is 12.1 Å². The van der Waals surface area contributed by atoms with E-state index in [9.17, 15) is 9.59 Å². The monoisotopic (exact) mass is 321 g/mol. The SMILES string of the molecule is CCC(CC)C(C)C(=O)NCCc1ccc(OCC(=O)O)cc1. The molecule has 1 aromatic carbocycles. The fourth-order valence-corrected chi connectivity index (χ4v) is 2.60. The summed E-state index contributed by atoms with van der Waals surface area (Å²) in [7, 11) is 0. The average molecular weight is 321 g/mol. The van der Waals surface area contributed by atoms with Crippen LogP contribution < -0.4 is 10.1 Å². The van der Waals surface area contributed by atoms with Gasteiger partial charge in [0.2, 0.25) is 5.91 Å². The predicted molar refractivity (Wildman–Crippen MR) is 89.5 cm³/mol. The minimum atomic E-state index is -0.997. The lowest BCUT2D eigenvalue weighted by molar-refractivity contribution is -0.139. The van der Waals surface area contributed by atoms with Crippen LogP contribution in [0.2, 0.25) is 0 Å². The first kappa shape index (κ1) is 19.0. The summed E-state index contributed by atoms with van der Waals surface area (Å²) in [4.78, 5) is 22.5. The van der Waals surface area contributed by atoms with Crippen molar-refractivity contribution < 1.29 is 19.4 Å². The van der Waals surface area contributed by atoms with Gasteiger partial charge >= 0.3 is 5.97 Å². The lowest BCUT2D eigenvalue weighted by atomic mass is 9.88. The Kier molecular flexibility index (Phi) is 8.16. The molecule has 5 nitrogen and oxygen atoms in total. The quantitative estimate of drug-likeness (QED) is 0.695. The second-order valence-electron chi connectivity index (χ2n) is 5.73. The van der Waals surface area contributed by atoms with Crippen molar-refractivity contribution in [3.05, 3.63) is 29.8 Å². The topological polar surface area (TPSA) is 75.6 Å². The number of ether oxygens (including phenoxy) is 1. The molecular formula is C18H27NO4. The largest absolute Gasteiger partial charge is 0.482 e. The maximum atomic E-state index is 12.1. The number of hydrogen-bond acceptors (Lipinski definition) is 3. The molecule has 0 aliphatic carbocycles.